The van der Waals surface area contributed by atoms with Crippen molar-refractivity contribution < 1.29 is 9.53 Å². The standard InChI is InChI=1S/C21H27N3O2/c1-3-18-6-4-5-13-24(18)21(25)17-9-12-20(23-15-17)22-14-16-7-10-19(26-2)11-8-16/h7-12,15,18H,3-6,13-14H2,1-2H3,(H,22,23). The summed E-state index contributed by atoms with van der Waals surface area (Å²) in [6, 6.07) is 12.0. The van der Waals surface area contributed by atoms with Gasteiger partial charge in [-0.05, 0) is 55.5 Å². The van der Waals surface area contributed by atoms with Crippen molar-refractivity contribution in [2.75, 3.05) is 19.0 Å². The molecule has 3 rings (SSSR count). The van der Waals surface area contributed by atoms with Crippen LogP contribution in [0.5, 0.6) is 5.75 Å². The Bertz CT molecular complexity index is 713. The first-order valence-electron chi connectivity index (χ1n) is 9.35. The van der Waals surface area contributed by atoms with Crippen molar-refractivity contribution in [1.82, 2.24) is 9.88 Å². The molecule has 1 aromatic carbocycles. The molecule has 5 heteroatoms. The van der Waals surface area contributed by atoms with E-state index in [1.807, 2.05) is 41.3 Å². The maximum absolute atomic E-state index is 12.8. The minimum atomic E-state index is 0.103. The van der Waals surface area contributed by atoms with Crippen LogP contribution in [0, 0.1) is 0 Å². The topological polar surface area (TPSA) is 54.5 Å². The summed E-state index contributed by atoms with van der Waals surface area (Å²) in [6.07, 6.45) is 6.11. The van der Waals surface area contributed by atoms with Crippen molar-refractivity contribution in [3.8, 4) is 5.75 Å². The molecule has 2 heterocycles. The van der Waals surface area contributed by atoms with Crippen molar-refractivity contribution in [3.05, 3.63) is 53.7 Å². The number of ether oxygens (including phenoxy) is 1. The van der Waals surface area contributed by atoms with Gasteiger partial charge < -0.3 is 15.0 Å². The number of pyridine rings is 1. The molecular weight excluding hydrogens is 326 g/mol. The van der Waals surface area contributed by atoms with Gasteiger partial charge in [-0.15, -0.1) is 0 Å². The van der Waals surface area contributed by atoms with Gasteiger partial charge in [-0.25, -0.2) is 4.98 Å². The van der Waals surface area contributed by atoms with Gasteiger partial charge in [0.15, 0.2) is 0 Å². The Balaban J connectivity index is 1.59. The second-order valence-electron chi connectivity index (χ2n) is 6.69. The first-order valence-corrected chi connectivity index (χ1v) is 9.35. The van der Waals surface area contributed by atoms with Crippen LogP contribution in [0.3, 0.4) is 0 Å². The number of hydrogen-bond donors (Lipinski definition) is 1. The fourth-order valence-corrected chi connectivity index (χ4v) is 3.42. The molecule has 2 aromatic rings. The molecular formula is C21H27N3O2. The number of carbonyl (C=O) groups excluding carboxylic acids is 1. The lowest BCUT2D eigenvalue weighted by Crippen LogP contribution is -2.43. The molecule has 0 spiro atoms. The van der Waals surface area contributed by atoms with E-state index >= 15 is 0 Å². The van der Waals surface area contributed by atoms with Crippen LogP contribution >= 0.6 is 0 Å². The van der Waals surface area contributed by atoms with Crippen molar-refractivity contribution >= 4 is 11.7 Å². The summed E-state index contributed by atoms with van der Waals surface area (Å²) in [5.74, 6) is 1.71. The quantitative estimate of drug-likeness (QED) is 0.849. The molecule has 1 saturated heterocycles. The first-order chi connectivity index (χ1) is 12.7. The molecule has 1 amide bonds. The van der Waals surface area contributed by atoms with Gasteiger partial charge in [-0.1, -0.05) is 19.1 Å². The fraction of sp³-hybridized carbons (Fsp3) is 0.429. The number of likely N-dealkylation sites (tertiary alicyclic amines) is 1. The Labute approximate surface area is 155 Å². The normalized spacial score (nSPS) is 17.0. The van der Waals surface area contributed by atoms with Gasteiger partial charge in [0.25, 0.3) is 5.91 Å². The zero-order valence-corrected chi connectivity index (χ0v) is 15.6. The van der Waals surface area contributed by atoms with Crippen LogP contribution in [0.2, 0.25) is 0 Å². The highest BCUT2D eigenvalue weighted by Gasteiger charge is 2.26. The minimum absolute atomic E-state index is 0.103. The zero-order valence-electron chi connectivity index (χ0n) is 15.6. The molecule has 1 unspecified atom stereocenters. The van der Waals surface area contributed by atoms with E-state index in [0.29, 0.717) is 18.2 Å². The summed E-state index contributed by atoms with van der Waals surface area (Å²) in [7, 11) is 1.66. The van der Waals surface area contributed by atoms with Crippen molar-refractivity contribution in [2.45, 2.75) is 45.2 Å². The minimum Gasteiger partial charge on any atom is -0.497 e. The van der Waals surface area contributed by atoms with Crippen molar-refractivity contribution in [2.24, 2.45) is 0 Å². The zero-order chi connectivity index (χ0) is 18.4. The average Bonchev–Trinajstić information content (AvgIpc) is 2.72. The molecule has 0 saturated carbocycles. The van der Waals surface area contributed by atoms with Gasteiger partial charge in [0.05, 0.1) is 12.7 Å². The molecule has 0 bridgehead atoms. The number of piperidine rings is 1. The average molecular weight is 353 g/mol. The summed E-state index contributed by atoms with van der Waals surface area (Å²) < 4.78 is 5.16. The monoisotopic (exact) mass is 353 g/mol. The van der Waals surface area contributed by atoms with Gasteiger partial charge in [0.1, 0.15) is 11.6 Å². The van der Waals surface area contributed by atoms with Gasteiger partial charge in [0.2, 0.25) is 0 Å². The largest absolute Gasteiger partial charge is 0.497 e. The summed E-state index contributed by atoms with van der Waals surface area (Å²) in [4.78, 5) is 19.2. The van der Waals surface area contributed by atoms with E-state index in [2.05, 4.69) is 17.2 Å². The van der Waals surface area contributed by atoms with Crippen molar-refractivity contribution in [1.29, 1.82) is 0 Å². The van der Waals surface area contributed by atoms with Gasteiger partial charge in [-0.2, -0.15) is 0 Å². The number of nitrogens with zero attached hydrogens (tertiary/aromatic N) is 2. The van der Waals surface area contributed by atoms with Crippen LogP contribution in [0.1, 0.15) is 48.5 Å². The van der Waals surface area contributed by atoms with Crippen LogP contribution in [0.15, 0.2) is 42.6 Å². The predicted octanol–water partition coefficient (Wildman–Crippen LogP) is 4.11. The number of hydrogen-bond acceptors (Lipinski definition) is 4. The molecule has 0 radical (unpaired) electrons. The summed E-state index contributed by atoms with van der Waals surface area (Å²) >= 11 is 0. The number of methoxy groups -OCH3 is 1. The molecule has 1 N–H and O–H groups in total. The van der Waals surface area contributed by atoms with Gasteiger partial charge >= 0.3 is 0 Å². The van der Waals surface area contributed by atoms with Crippen molar-refractivity contribution in [3.63, 3.8) is 0 Å². The number of benzene rings is 1. The lowest BCUT2D eigenvalue weighted by Gasteiger charge is -2.35. The molecule has 1 aliphatic rings. The highest BCUT2D eigenvalue weighted by atomic mass is 16.5. The number of rotatable bonds is 6. The third-order valence-electron chi connectivity index (χ3n) is 5.00. The van der Waals surface area contributed by atoms with Gasteiger partial charge in [-0.3, -0.25) is 4.79 Å². The number of carbonyl (C=O) groups is 1. The van der Waals surface area contributed by atoms with E-state index in [-0.39, 0.29) is 5.91 Å². The fourth-order valence-electron chi connectivity index (χ4n) is 3.42. The number of nitrogens with one attached hydrogen (secondary N) is 1. The second-order valence-corrected chi connectivity index (χ2v) is 6.69. The third-order valence-corrected chi connectivity index (χ3v) is 5.00. The van der Waals surface area contributed by atoms with E-state index in [1.165, 1.54) is 6.42 Å². The van der Waals surface area contributed by atoms with E-state index in [9.17, 15) is 4.79 Å². The molecule has 5 nitrogen and oxygen atoms in total. The van der Waals surface area contributed by atoms with Crippen LogP contribution in [0.25, 0.3) is 0 Å². The molecule has 0 aliphatic carbocycles. The van der Waals surface area contributed by atoms with Crippen LogP contribution in [0.4, 0.5) is 5.82 Å². The van der Waals surface area contributed by atoms with E-state index < -0.39 is 0 Å². The Morgan fingerprint density at radius 1 is 1.23 bits per heavy atom. The molecule has 1 aromatic heterocycles. The third kappa shape index (κ3) is 4.34. The molecule has 1 fully saturated rings. The predicted molar refractivity (Wildman–Crippen MR) is 104 cm³/mol. The molecule has 1 atom stereocenters. The van der Waals surface area contributed by atoms with E-state index in [1.54, 1.807) is 13.3 Å². The molecule has 26 heavy (non-hydrogen) atoms. The smallest absolute Gasteiger partial charge is 0.255 e. The van der Waals surface area contributed by atoms with Crippen LogP contribution in [-0.4, -0.2) is 35.5 Å². The molecule has 1 aliphatic heterocycles. The Kier molecular flexibility index (Phi) is 6.10. The summed E-state index contributed by atoms with van der Waals surface area (Å²) in [5, 5.41) is 3.29. The van der Waals surface area contributed by atoms with E-state index in [4.69, 9.17) is 4.74 Å². The summed E-state index contributed by atoms with van der Waals surface area (Å²) in [5.41, 5.74) is 1.81. The Morgan fingerprint density at radius 2 is 2.04 bits per heavy atom. The second kappa shape index (κ2) is 8.70. The first kappa shape index (κ1) is 18.2. The lowest BCUT2D eigenvalue weighted by atomic mass is 9.99. The maximum atomic E-state index is 12.8. The maximum Gasteiger partial charge on any atom is 0.255 e. The highest BCUT2D eigenvalue weighted by molar-refractivity contribution is 5.94. The van der Waals surface area contributed by atoms with Gasteiger partial charge in [0, 0.05) is 25.3 Å². The number of amides is 1. The SMILES string of the molecule is CCC1CCCCN1C(=O)c1ccc(NCc2ccc(OC)cc2)nc1. The summed E-state index contributed by atoms with van der Waals surface area (Å²) in [6.45, 7) is 3.68. The molecule has 138 valence electrons. The Morgan fingerprint density at radius 3 is 2.69 bits per heavy atom. The number of anilines is 1. The lowest BCUT2D eigenvalue weighted by molar-refractivity contribution is 0.0607. The van der Waals surface area contributed by atoms with Crippen LogP contribution in [-0.2, 0) is 6.54 Å². The Hall–Kier alpha value is -2.56. The van der Waals surface area contributed by atoms with Crippen LogP contribution < -0.4 is 10.1 Å². The highest BCUT2D eigenvalue weighted by Crippen LogP contribution is 2.22. The van der Waals surface area contributed by atoms with E-state index in [0.717, 1.165) is 42.9 Å². The number of aromatic nitrogens is 1.